The fourth-order valence-corrected chi connectivity index (χ4v) is 3.87. The maximum atomic E-state index is 11.6. The molecule has 0 aromatic rings. The molecule has 6 heteroatoms. The van der Waals surface area contributed by atoms with Crippen LogP contribution in [0.25, 0.3) is 0 Å². The van der Waals surface area contributed by atoms with Gasteiger partial charge < -0.3 is 10.6 Å². The van der Waals surface area contributed by atoms with Crippen LogP contribution in [0.1, 0.15) is 39.0 Å². The van der Waals surface area contributed by atoms with Crippen molar-refractivity contribution < 1.29 is 8.42 Å². The summed E-state index contributed by atoms with van der Waals surface area (Å²) in [6, 6.07) is 0.471. The van der Waals surface area contributed by atoms with Crippen LogP contribution >= 0.6 is 0 Å². The topological polar surface area (TPSA) is 87.2 Å². The van der Waals surface area contributed by atoms with E-state index in [4.69, 9.17) is 11.1 Å². The Kier molecular flexibility index (Phi) is 5.16. The number of sulfone groups is 1. The van der Waals surface area contributed by atoms with Crippen LogP contribution in [0.2, 0.25) is 0 Å². The molecule has 1 aliphatic carbocycles. The zero-order valence-electron chi connectivity index (χ0n) is 11.5. The molecule has 3 atom stereocenters. The lowest BCUT2D eigenvalue weighted by Crippen LogP contribution is -2.45. The average molecular weight is 275 g/mol. The first-order valence-corrected chi connectivity index (χ1v) is 8.41. The summed E-state index contributed by atoms with van der Waals surface area (Å²) < 4.78 is 23.3. The van der Waals surface area contributed by atoms with E-state index in [-0.39, 0.29) is 23.2 Å². The molecular weight excluding hydrogens is 250 g/mol. The molecule has 1 fully saturated rings. The Morgan fingerprint density at radius 3 is 2.61 bits per heavy atom. The minimum absolute atomic E-state index is 0.185. The molecule has 1 aliphatic rings. The maximum absolute atomic E-state index is 11.6. The lowest BCUT2D eigenvalue weighted by molar-refractivity contribution is 0.150. The first-order valence-electron chi connectivity index (χ1n) is 6.45. The summed E-state index contributed by atoms with van der Waals surface area (Å²) in [6.07, 6.45) is 5.35. The molecule has 0 aromatic carbocycles. The van der Waals surface area contributed by atoms with Gasteiger partial charge in [-0.05, 0) is 33.2 Å². The molecule has 0 bridgehead atoms. The summed E-state index contributed by atoms with van der Waals surface area (Å²) in [5.41, 5.74) is 5.42. The van der Waals surface area contributed by atoms with Crippen molar-refractivity contribution in [3.8, 4) is 0 Å². The van der Waals surface area contributed by atoms with Crippen LogP contribution in [0.3, 0.4) is 0 Å². The van der Waals surface area contributed by atoms with Crippen LogP contribution in [0.4, 0.5) is 0 Å². The minimum Gasteiger partial charge on any atom is -0.388 e. The number of hydrogen-bond acceptors (Lipinski definition) is 4. The van der Waals surface area contributed by atoms with Gasteiger partial charge in [-0.2, -0.15) is 0 Å². The fourth-order valence-electron chi connectivity index (χ4n) is 2.70. The van der Waals surface area contributed by atoms with Gasteiger partial charge in [-0.1, -0.05) is 6.42 Å². The summed E-state index contributed by atoms with van der Waals surface area (Å²) in [5, 5.41) is 7.12. The van der Waals surface area contributed by atoms with Crippen molar-refractivity contribution in [2.24, 2.45) is 5.73 Å². The zero-order chi connectivity index (χ0) is 13.9. The Labute approximate surface area is 110 Å². The normalized spacial score (nSPS) is 27.1. The maximum Gasteiger partial charge on any atom is 0.150 e. The highest BCUT2D eigenvalue weighted by molar-refractivity contribution is 7.91. The van der Waals surface area contributed by atoms with E-state index >= 15 is 0 Å². The van der Waals surface area contributed by atoms with E-state index in [0.717, 1.165) is 19.3 Å². The van der Waals surface area contributed by atoms with E-state index in [0.29, 0.717) is 12.8 Å². The van der Waals surface area contributed by atoms with Gasteiger partial charge in [-0.3, -0.25) is 5.41 Å². The quantitative estimate of drug-likeness (QED) is 0.578. The standard InChI is InChI=1S/C12H25N3O2S/c1-9(7-12(13)14)15(2)10-5-4-6-11(8-10)18(3,16)17/h9-11H,4-8H2,1-3H3,(H3,13,14). The van der Waals surface area contributed by atoms with E-state index in [1.807, 2.05) is 14.0 Å². The van der Waals surface area contributed by atoms with E-state index in [1.54, 1.807) is 0 Å². The fraction of sp³-hybridized carbons (Fsp3) is 0.917. The minimum atomic E-state index is -2.93. The van der Waals surface area contributed by atoms with Gasteiger partial charge in [-0.25, -0.2) is 8.42 Å². The van der Waals surface area contributed by atoms with Crippen molar-refractivity contribution in [1.29, 1.82) is 5.41 Å². The van der Waals surface area contributed by atoms with Gasteiger partial charge in [-0.15, -0.1) is 0 Å². The smallest absolute Gasteiger partial charge is 0.150 e. The molecule has 0 saturated heterocycles. The van der Waals surface area contributed by atoms with Crippen LogP contribution in [0, 0.1) is 5.41 Å². The third-order valence-corrected chi connectivity index (χ3v) is 5.63. The number of hydrogen-bond donors (Lipinski definition) is 2. The zero-order valence-corrected chi connectivity index (χ0v) is 12.3. The largest absolute Gasteiger partial charge is 0.388 e. The third kappa shape index (κ3) is 4.24. The van der Waals surface area contributed by atoms with Gasteiger partial charge in [0.25, 0.3) is 0 Å². The molecule has 1 rings (SSSR count). The van der Waals surface area contributed by atoms with Crippen molar-refractivity contribution in [3.05, 3.63) is 0 Å². The van der Waals surface area contributed by atoms with E-state index in [1.165, 1.54) is 6.26 Å². The Morgan fingerprint density at radius 1 is 1.50 bits per heavy atom. The molecular formula is C12H25N3O2S. The molecule has 106 valence electrons. The lowest BCUT2D eigenvalue weighted by Gasteiger charge is -2.38. The molecule has 3 unspecified atom stereocenters. The van der Waals surface area contributed by atoms with Gasteiger partial charge in [0.2, 0.25) is 0 Å². The number of rotatable bonds is 5. The Balaban J connectivity index is 2.63. The predicted octanol–water partition coefficient (Wildman–Crippen LogP) is 0.989. The second-order valence-electron chi connectivity index (χ2n) is 5.52. The third-order valence-electron chi connectivity index (χ3n) is 3.99. The molecule has 0 radical (unpaired) electrons. The van der Waals surface area contributed by atoms with Gasteiger partial charge in [0.15, 0.2) is 0 Å². The van der Waals surface area contributed by atoms with Crippen LogP contribution in [-0.4, -0.2) is 49.8 Å². The SMILES string of the molecule is CC(CC(=N)N)N(C)C1CCCC(S(C)(=O)=O)C1. The van der Waals surface area contributed by atoms with Crippen LogP contribution < -0.4 is 5.73 Å². The first-order chi connectivity index (χ1) is 8.21. The molecule has 0 heterocycles. The molecule has 3 N–H and O–H groups in total. The first kappa shape index (κ1) is 15.4. The second kappa shape index (κ2) is 6.02. The van der Waals surface area contributed by atoms with Crippen molar-refractivity contribution >= 4 is 15.7 Å². The predicted molar refractivity (Wildman–Crippen MR) is 74.6 cm³/mol. The van der Waals surface area contributed by atoms with E-state index < -0.39 is 9.84 Å². The highest BCUT2D eigenvalue weighted by Crippen LogP contribution is 2.28. The number of amidine groups is 1. The van der Waals surface area contributed by atoms with E-state index in [2.05, 4.69) is 4.90 Å². The molecule has 18 heavy (non-hydrogen) atoms. The summed E-state index contributed by atoms with van der Waals surface area (Å²) >= 11 is 0. The van der Waals surface area contributed by atoms with Crippen LogP contribution in [-0.2, 0) is 9.84 Å². The Morgan fingerprint density at radius 2 is 2.11 bits per heavy atom. The Hall–Kier alpha value is -0.620. The van der Waals surface area contributed by atoms with Crippen LogP contribution in [0.5, 0.6) is 0 Å². The summed E-state index contributed by atoms with van der Waals surface area (Å²) in [6.45, 7) is 2.03. The molecule has 0 aliphatic heterocycles. The van der Waals surface area contributed by atoms with Crippen molar-refractivity contribution in [1.82, 2.24) is 4.90 Å². The van der Waals surface area contributed by atoms with Crippen molar-refractivity contribution in [3.63, 3.8) is 0 Å². The number of nitrogens with two attached hydrogens (primary N) is 1. The second-order valence-corrected chi connectivity index (χ2v) is 7.84. The van der Waals surface area contributed by atoms with Crippen LogP contribution in [0.15, 0.2) is 0 Å². The molecule has 0 amide bonds. The van der Waals surface area contributed by atoms with Crippen molar-refractivity contribution in [2.45, 2.75) is 56.4 Å². The Bertz CT molecular complexity index is 394. The lowest BCUT2D eigenvalue weighted by atomic mass is 9.93. The molecule has 5 nitrogen and oxygen atoms in total. The summed E-state index contributed by atoms with van der Waals surface area (Å²) in [7, 11) is -0.932. The molecule has 0 spiro atoms. The highest BCUT2D eigenvalue weighted by Gasteiger charge is 2.32. The van der Waals surface area contributed by atoms with Gasteiger partial charge in [0.1, 0.15) is 9.84 Å². The monoisotopic (exact) mass is 275 g/mol. The molecule has 0 aromatic heterocycles. The van der Waals surface area contributed by atoms with Crippen molar-refractivity contribution in [2.75, 3.05) is 13.3 Å². The van der Waals surface area contributed by atoms with Gasteiger partial charge in [0.05, 0.1) is 11.1 Å². The number of nitrogens with zero attached hydrogens (tertiary/aromatic N) is 1. The van der Waals surface area contributed by atoms with Gasteiger partial charge >= 0.3 is 0 Å². The highest BCUT2D eigenvalue weighted by atomic mass is 32.2. The van der Waals surface area contributed by atoms with Gasteiger partial charge in [0, 0.05) is 24.8 Å². The molecule has 1 saturated carbocycles. The average Bonchev–Trinajstić information content (AvgIpc) is 2.26. The summed E-state index contributed by atoms with van der Waals surface area (Å²) in [5.74, 6) is 0.185. The number of nitrogens with one attached hydrogen (secondary N) is 1. The summed E-state index contributed by atoms with van der Waals surface area (Å²) in [4.78, 5) is 2.18. The van der Waals surface area contributed by atoms with E-state index in [9.17, 15) is 8.42 Å².